The average molecular weight is 360 g/mol. The van der Waals surface area contributed by atoms with Crippen molar-refractivity contribution in [3.8, 4) is 11.5 Å². The molecule has 0 radical (unpaired) electrons. The van der Waals surface area contributed by atoms with Crippen molar-refractivity contribution in [1.29, 1.82) is 0 Å². The van der Waals surface area contributed by atoms with Crippen molar-refractivity contribution < 1.29 is 19.5 Å². The maximum Gasteiger partial charge on any atom is 0.324 e. The van der Waals surface area contributed by atoms with E-state index in [1.807, 2.05) is 6.08 Å². The smallest absolute Gasteiger partial charge is 0.324 e. The quantitative estimate of drug-likeness (QED) is 0.615. The molecule has 7 nitrogen and oxygen atoms in total. The third-order valence-electron chi connectivity index (χ3n) is 3.72. The van der Waals surface area contributed by atoms with Crippen LogP contribution in [0, 0.1) is 10.1 Å². The standard InChI is InChI=1S/C17H16N2O5S/c1-23-11-8-13-14(20)7-10(18-17(13)15(9-11)24-2)3-4-12-5-6-16(25-12)19(21)22/h3,5-9,18,20H,4H2,1-2H3/b10-3+. The summed E-state index contributed by atoms with van der Waals surface area (Å²) in [7, 11) is 3.09. The Morgan fingerprint density at radius 1 is 1.32 bits per heavy atom. The summed E-state index contributed by atoms with van der Waals surface area (Å²) in [5.41, 5.74) is 1.91. The van der Waals surface area contributed by atoms with Crippen LogP contribution in [0.15, 0.2) is 42.1 Å². The highest BCUT2D eigenvalue weighted by Gasteiger charge is 2.20. The van der Waals surface area contributed by atoms with Crippen LogP contribution >= 0.6 is 11.3 Å². The van der Waals surface area contributed by atoms with Gasteiger partial charge in [-0.2, -0.15) is 0 Å². The highest BCUT2D eigenvalue weighted by molar-refractivity contribution is 7.15. The zero-order valence-corrected chi connectivity index (χ0v) is 14.4. The number of anilines is 1. The molecule has 1 aromatic carbocycles. The van der Waals surface area contributed by atoms with E-state index < -0.39 is 4.92 Å². The van der Waals surface area contributed by atoms with E-state index in [-0.39, 0.29) is 10.8 Å². The van der Waals surface area contributed by atoms with E-state index in [0.717, 1.165) is 16.2 Å². The van der Waals surface area contributed by atoms with Crippen LogP contribution in [0.1, 0.15) is 10.4 Å². The molecule has 8 heteroatoms. The zero-order chi connectivity index (χ0) is 18.0. The number of nitro groups is 1. The fraction of sp³-hybridized carbons (Fsp3) is 0.176. The summed E-state index contributed by atoms with van der Waals surface area (Å²) >= 11 is 1.13. The van der Waals surface area contributed by atoms with Gasteiger partial charge < -0.3 is 19.9 Å². The molecule has 1 aliphatic rings. The van der Waals surface area contributed by atoms with Gasteiger partial charge in [-0.1, -0.05) is 17.4 Å². The van der Waals surface area contributed by atoms with Crippen molar-refractivity contribution in [2.45, 2.75) is 6.42 Å². The van der Waals surface area contributed by atoms with Gasteiger partial charge in [0.1, 0.15) is 17.3 Å². The van der Waals surface area contributed by atoms with Gasteiger partial charge in [-0.15, -0.1) is 0 Å². The summed E-state index contributed by atoms with van der Waals surface area (Å²) in [6.07, 6.45) is 3.97. The second kappa shape index (κ2) is 6.86. The number of methoxy groups -OCH3 is 2. The first-order valence-corrected chi connectivity index (χ1v) is 8.21. The maximum atomic E-state index is 10.7. The van der Waals surface area contributed by atoms with Crippen LogP contribution in [-0.2, 0) is 6.42 Å². The Bertz CT molecular complexity index is 885. The number of aliphatic hydroxyl groups excluding tert-OH is 1. The van der Waals surface area contributed by atoms with Crippen LogP contribution in [-0.4, -0.2) is 24.2 Å². The van der Waals surface area contributed by atoms with Gasteiger partial charge >= 0.3 is 5.00 Å². The summed E-state index contributed by atoms with van der Waals surface area (Å²) in [6, 6.07) is 6.66. The molecule has 0 amide bonds. The Balaban J connectivity index is 1.87. The number of ether oxygens (including phenoxy) is 2. The Morgan fingerprint density at radius 3 is 2.76 bits per heavy atom. The molecule has 0 bridgehead atoms. The largest absolute Gasteiger partial charge is 0.507 e. The van der Waals surface area contributed by atoms with E-state index in [0.29, 0.717) is 34.9 Å². The van der Waals surface area contributed by atoms with Crippen molar-refractivity contribution in [3.05, 3.63) is 62.7 Å². The first-order valence-electron chi connectivity index (χ1n) is 7.39. The number of aliphatic hydroxyl groups is 1. The second-order valence-electron chi connectivity index (χ2n) is 5.27. The van der Waals surface area contributed by atoms with Crippen molar-refractivity contribution in [2.24, 2.45) is 0 Å². The molecule has 0 spiro atoms. The van der Waals surface area contributed by atoms with Gasteiger partial charge in [-0.3, -0.25) is 10.1 Å². The number of hydrogen-bond donors (Lipinski definition) is 2. The molecule has 0 saturated carbocycles. The minimum Gasteiger partial charge on any atom is -0.507 e. The molecule has 1 aliphatic heterocycles. The van der Waals surface area contributed by atoms with Gasteiger partial charge in [-0.05, 0) is 12.1 Å². The number of nitrogens with zero attached hydrogens (tertiary/aromatic N) is 1. The molecule has 0 atom stereocenters. The molecular formula is C17H16N2O5S. The minimum absolute atomic E-state index is 0.0920. The molecular weight excluding hydrogens is 344 g/mol. The van der Waals surface area contributed by atoms with Gasteiger partial charge in [0.2, 0.25) is 0 Å². The van der Waals surface area contributed by atoms with E-state index in [9.17, 15) is 15.2 Å². The van der Waals surface area contributed by atoms with Crippen LogP contribution in [0.5, 0.6) is 11.5 Å². The molecule has 0 fully saturated rings. The SMILES string of the molecule is COc1cc(OC)c2c(c1)C(O)=C/C(=C\Cc1ccc([N+](=O)[O-])s1)N2. The van der Waals surface area contributed by atoms with Crippen molar-refractivity contribution in [2.75, 3.05) is 19.5 Å². The van der Waals surface area contributed by atoms with Crippen LogP contribution in [0.4, 0.5) is 10.7 Å². The molecule has 2 heterocycles. The topological polar surface area (TPSA) is 93.9 Å². The Morgan fingerprint density at radius 2 is 2.12 bits per heavy atom. The van der Waals surface area contributed by atoms with Crippen molar-refractivity contribution in [3.63, 3.8) is 0 Å². The van der Waals surface area contributed by atoms with Crippen LogP contribution in [0.3, 0.4) is 0 Å². The Hall–Kier alpha value is -3.00. The highest BCUT2D eigenvalue weighted by atomic mass is 32.1. The molecule has 0 saturated heterocycles. The first kappa shape index (κ1) is 16.8. The number of benzene rings is 1. The van der Waals surface area contributed by atoms with E-state index in [4.69, 9.17) is 9.47 Å². The Labute approximate surface area is 148 Å². The lowest BCUT2D eigenvalue weighted by Crippen LogP contribution is -2.09. The first-order chi connectivity index (χ1) is 12.0. The number of hydrogen-bond acceptors (Lipinski definition) is 7. The minimum atomic E-state index is -0.402. The molecule has 25 heavy (non-hydrogen) atoms. The number of fused-ring (bicyclic) bond motifs is 1. The number of rotatable bonds is 5. The lowest BCUT2D eigenvalue weighted by molar-refractivity contribution is -0.380. The zero-order valence-electron chi connectivity index (χ0n) is 13.6. The molecule has 0 unspecified atom stereocenters. The number of thiophene rings is 1. The third kappa shape index (κ3) is 3.43. The Kier molecular flexibility index (Phi) is 4.62. The molecule has 2 N–H and O–H groups in total. The summed E-state index contributed by atoms with van der Waals surface area (Å²) in [5, 5.41) is 24.4. The average Bonchev–Trinajstić information content (AvgIpc) is 3.08. The van der Waals surface area contributed by atoms with E-state index in [1.54, 1.807) is 38.5 Å². The fourth-order valence-corrected chi connectivity index (χ4v) is 3.28. The number of allylic oxidation sites excluding steroid dienone is 2. The van der Waals surface area contributed by atoms with E-state index in [1.165, 1.54) is 6.07 Å². The van der Waals surface area contributed by atoms with Crippen LogP contribution in [0.25, 0.3) is 5.76 Å². The molecule has 0 aliphatic carbocycles. The summed E-state index contributed by atoms with van der Waals surface area (Å²) < 4.78 is 10.6. The number of nitrogens with one attached hydrogen (secondary N) is 1. The maximum absolute atomic E-state index is 10.7. The van der Waals surface area contributed by atoms with Gasteiger partial charge in [0.25, 0.3) is 0 Å². The molecule has 1 aromatic heterocycles. The predicted molar refractivity (Wildman–Crippen MR) is 96.5 cm³/mol. The van der Waals surface area contributed by atoms with Gasteiger partial charge in [0, 0.05) is 40.8 Å². The predicted octanol–water partition coefficient (Wildman–Crippen LogP) is 4.12. The summed E-state index contributed by atoms with van der Waals surface area (Å²) in [6.45, 7) is 0. The van der Waals surface area contributed by atoms with Crippen LogP contribution in [0.2, 0.25) is 0 Å². The molecule has 3 rings (SSSR count). The van der Waals surface area contributed by atoms with Crippen molar-refractivity contribution >= 4 is 27.8 Å². The normalized spacial score (nSPS) is 14.5. The highest BCUT2D eigenvalue weighted by Crippen LogP contribution is 2.40. The monoisotopic (exact) mass is 360 g/mol. The van der Waals surface area contributed by atoms with Gasteiger partial charge in [0.15, 0.2) is 0 Å². The molecule has 2 aromatic rings. The summed E-state index contributed by atoms with van der Waals surface area (Å²) in [4.78, 5) is 11.2. The molecule has 130 valence electrons. The van der Waals surface area contributed by atoms with Crippen LogP contribution < -0.4 is 14.8 Å². The van der Waals surface area contributed by atoms with E-state index >= 15 is 0 Å². The second-order valence-corrected chi connectivity index (χ2v) is 6.41. The fourth-order valence-electron chi connectivity index (χ4n) is 2.50. The lowest BCUT2D eigenvalue weighted by Gasteiger charge is -2.21. The summed E-state index contributed by atoms with van der Waals surface area (Å²) in [5.74, 6) is 1.22. The third-order valence-corrected chi connectivity index (χ3v) is 4.78. The van der Waals surface area contributed by atoms with Gasteiger partial charge in [-0.25, -0.2) is 0 Å². The van der Waals surface area contributed by atoms with Gasteiger partial charge in [0.05, 0.1) is 24.8 Å². The van der Waals surface area contributed by atoms with E-state index in [2.05, 4.69) is 5.32 Å². The lowest BCUT2D eigenvalue weighted by atomic mass is 10.0. The van der Waals surface area contributed by atoms with Crippen molar-refractivity contribution in [1.82, 2.24) is 0 Å².